The van der Waals surface area contributed by atoms with Gasteiger partial charge in [-0.1, -0.05) is 54.6 Å². The molecule has 0 heterocycles. The molecule has 1 aliphatic carbocycles. The summed E-state index contributed by atoms with van der Waals surface area (Å²) in [7, 11) is 0. The number of benzene rings is 3. The molecule has 33 heavy (non-hydrogen) atoms. The van der Waals surface area contributed by atoms with Gasteiger partial charge in [0.05, 0.1) is 17.3 Å². The lowest BCUT2D eigenvalue weighted by molar-refractivity contribution is -0.122. The number of anilines is 1. The van der Waals surface area contributed by atoms with Crippen molar-refractivity contribution in [1.29, 1.82) is 0 Å². The van der Waals surface area contributed by atoms with E-state index in [0.717, 1.165) is 30.6 Å². The lowest BCUT2D eigenvalue weighted by Crippen LogP contribution is -2.32. The standard InChI is InChI=1S/C28H30N2O3/c1-19(21-11-4-3-5-12-21)29-28(32)24-16-8-9-17-25(24)30-27(31)20(2)33-26-18-10-14-22-13-6-7-15-23(22)26/h3-5,8-12,14,16-20H,6-7,13,15H2,1-2H3,(H,29,32)(H,30,31). The smallest absolute Gasteiger partial charge is 0.265 e. The van der Waals surface area contributed by atoms with Crippen LogP contribution in [0.1, 0.15) is 59.8 Å². The minimum Gasteiger partial charge on any atom is -0.481 e. The Morgan fingerprint density at radius 3 is 2.39 bits per heavy atom. The van der Waals surface area contributed by atoms with Crippen LogP contribution in [0.2, 0.25) is 0 Å². The van der Waals surface area contributed by atoms with Gasteiger partial charge in [0.2, 0.25) is 0 Å². The molecule has 2 N–H and O–H groups in total. The third-order valence-corrected chi connectivity index (χ3v) is 6.10. The van der Waals surface area contributed by atoms with E-state index < -0.39 is 6.10 Å². The quantitative estimate of drug-likeness (QED) is 0.510. The number of carbonyl (C=O) groups is 2. The van der Waals surface area contributed by atoms with E-state index in [-0.39, 0.29) is 17.9 Å². The van der Waals surface area contributed by atoms with Gasteiger partial charge in [0.1, 0.15) is 5.75 Å². The van der Waals surface area contributed by atoms with Gasteiger partial charge in [-0.3, -0.25) is 9.59 Å². The Balaban J connectivity index is 1.44. The Labute approximate surface area is 195 Å². The summed E-state index contributed by atoms with van der Waals surface area (Å²) in [5, 5.41) is 5.89. The van der Waals surface area contributed by atoms with Crippen LogP contribution in [-0.2, 0) is 17.6 Å². The number of hydrogen-bond acceptors (Lipinski definition) is 3. The zero-order chi connectivity index (χ0) is 23.2. The maximum absolute atomic E-state index is 13.0. The number of fused-ring (bicyclic) bond motifs is 1. The highest BCUT2D eigenvalue weighted by molar-refractivity contribution is 6.04. The summed E-state index contributed by atoms with van der Waals surface area (Å²) in [6.45, 7) is 3.67. The van der Waals surface area contributed by atoms with E-state index >= 15 is 0 Å². The second-order valence-electron chi connectivity index (χ2n) is 8.50. The van der Waals surface area contributed by atoms with E-state index in [9.17, 15) is 9.59 Å². The minimum atomic E-state index is -0.696. The van der Waals surface area contributed by atoms with E-state index in [1.165, 1.54) is 17.5 Å². The molecule has 5 nitrogen and oxygen atoms in total. The first-order valence-corrected chi connectivity index (χ1v) is 11.6. The van der Waals surface area contributed by atoms with E-state index in [1.54, 1.807) is 31.2 Å². The Hall–Kier alpha value is -3.60. The lowest BCUT2D eigenvalue weighted by atomic mass is 9.91. The van der Waals surface area contributed by atoms with E-state index in [2.05, 4.69) is 16.7 Å². The number of para-hydroxylation sites is 1. The second kappa shape index (κ2) is 10.3. The number of amides is 2. The van der Waals surface area contributed by atoms with Crippen molar-refractivity contribution in [2.24, 2.45) is 0 Å². The summed E-state index contributed by atoms with van der Waals surface area (Å²) in [4.78, 5) is 25.9. The Morgan fingerprint density at radius 2 is 1.58 bits per heavy atom. The fraction of sp³-hybridized carbons (Fsp3) is 0.286. The van der Waals surface area contributed by atoms with Crippen LogP contribution in [0.5, 0.6) is 5.75 Å². The van der Waals surface area contributed by atoms with Crippen molar-refractivity contribution >= 4 is 17.5 Å². The van der Waals surface area contributed by atoms with E-state index in [0.29, 0.717) is 11.3 Å². The highest BCUT2D eigenvalue weighted by Crippen LogP contribution is 2.30. The maximum Gasteiger partial charge on any atom is 0.265 e. The molecule has 0 radical (unpaired) electrons. The molecule has 3 aromatic rings. The molecule has 2 amide bonds. The highest BCUT2D eigenvalue weighted by Gasteiger charge is 2.22. The number of carbonyl (C=O) groups excluding carboxylic acids is 2. The molecule has 0 aromatic heterocycles. The number of nitrogens with one attached hydrogen (secondary N) is 2. The molecular formula is C28H30N2O3. The van der Waals surface area contributed by atoms with Crippen LogP contribution in [0.4, 0.5) is 5.69 Å². The van der Waals surface area contributed by atoms with Gasteiger partial charge >= 0.3 is 0 Å². The van der Waals surface area contributed by atoms with Crippen LogP contribution in [0.25, 0.3) is 0 Å². The third kappa shape index (κ3) is 5.43. The molecule has 0 bridgehead atoms. The van der Waals surface area contributed by atoms with Gasteiger partial charge < -0.3 is 15.4 Å². The van der Waals surface area contributed by atoms with Crippen molar-refractivity contribution in [1.82, 2.24) is 5.32 Å². The van der Waals surface area contributed by atoms with Crippen molar-refractivity contribution < 1.29 is 14.3 Å². The number of rotatable bonds is 7. The van der Waals surface area contributed by atoms with Crippen molar-refractivity contribution in [3.63, 3.8) is 0 Å². The van der Waals surface area contributed by atoms with Crippen LogP contribution in [0, 0.1) is 0 Å². The first-order valence-electron chi connectivity index (χ1n) is 11.6. The van der Waals surface area contributed by atoms with Gasteiger partial charge in [-0.05, 0) is 74.4 Å². The van der Waals surface area contributed by atoms with Crippen LogP contribution in [-0.4, -0.2) is 17.9 Å². The van der Waals surface area contributed by atoms with Crippen molar-refractivity contribution in [3.8, 4) is 5.75 Å². The predicted molar refractivity (Wildman–Crippen MR) is 131 cm³/mol. The first-order chi connectivity index (χ1) is 16.0. The van der Waals surface area contributed by atoms with E-state index in [1.807, 2.05) is 49.4 Å². The predicted octanol–water partition coefficient (Wildman–Crippen LogP) is 5.46. The van der Waals surface area contributed by atoms with Crippen LogP contribution in [0.15, 0.2) is 72.8 Å². The molecule has 0 aliphatic heterocycles. The molecule has 5 heteroatoms. The van der Waals surface area contributed by atoms with Crippen molar-refractivity contribution in [3.05, 3.63) is 95.1 Å². The number of aryl methyl sites for hydroxylation is 1. The maximum atomic E-state index is 13.0. The molecule has 1 aliphatic rings. The zero-order valence-corrected chi connectivity index (χ0v) is 19.1. The average molecular weight is 443 g/mol. The van der Waals surface area contributed by atoms with Gasteiger partial charge in [0.15, 0.2) is 6.10 Å². The molecule has 2 atom stereocenters. The van der Waals surface area contributed by atoms with Crippen LogP contribution in [0.3, 0.4) is 0 Å². The third-order valence-electron chi connectivity index (χ3n) is 6.10. The first kappa shape index (κ1) is 22.6. The summed E-state index contributed by atoms with van der Waals surface area (Å²) >= 11 is 0. The summed E-state index contributed by atoms with van der Waals surface area (Å²) in [6.07, 6.45) is 3.66. The molecule has 0 saturated heterocycles. The fourth-order valence-electron chi connectivity index (χ4n) is 4.22. The second-order valence-corrected chi connectivity index (χ2v) is 8.50. The normalized spacial score (nSPS) is 14.5. The Bertz CT molecular complexity index is 1130. The van der Waals surface area contributed by atoms with Gasteiger partial charge in [-0.25, -0.2) is 0 Å². The van der Waals surface area contributed by atoms with Gasteiger partial charge in [-0.2, -0.15) is 0 Å². The summed E-state index contributed by atoms with van der Waals surface area (Å²) in [5.41, 5.74) is 4.41. The molecule has 0 fully saturated rings. The topological polar surface area (TPSA) is 67.4 Å². The fourth-order valence-corrected chi connectivity index (χ4v) is 4.22. The Kier molecular flexibility index (Phi) is 7.08. The molecule has 3 aromatic carbocycles. The summed E-state index contributed by atoms with van der Waals surface area (Å²) < 4.78 is 6.06. The number of ether oxygens (including phenoxy) is 1. The van der Waals surface area contributed by atoms with Crippen molar-refractivity contribution in [2.45, 2.75) is 51.7 Å². The lowest BCUT2D eigenvalue weighted by Gasteiger charge is -2.22. The molecular weight excluding hydrogens is 412 g/mol. The molecule has 170 valence electrons. The molecule has 2 unspecified atom stereocenters. The molecule has 4 rings (SSSR count). The summed E-state index contributed by atoms with van der Waals surface area (Å²) in [6, 6.07) is 22.7. The van der Waals surface area contributed by atoms with Crippen molar-refractivity contribution in [2.75, 3.05) is 5.32 Å². The number of hydrogen-bond donors (Lipinski definition) is 2. The largest absolute Gasteiger partial charge is 0.481 e. The summed E-state index contributed by atoms with van der Waals surface area (Å²) in [5.74, 6) is 0.241. The average Bonchev–Trinajstić information content (AvgIpc) is 2.85. The van der Waals surface area contributed by atoms with Gasteiger partial charge in [0, 0.05) is 0 Å². The molecule has 0 spiro atoms. The van der Waals surface area contributed by atoms with Crippen LogP contribution < -0.4 is 15.4 Å². The minimum absolute atomic E-state index is 0.158. The Morgan fingerprint density at radius 1 is 0.848 bits per heavy atom. The van der Waals surface area contributed by atoms with E-state index in [4.69, 9.17) is 4.74 Å². The van der Waals surface area contributed by atoms with Gasteiger partial charge in [0.25, 0.3) is 11.8 Å². The molecule has 0 saturated carbocycles. The monoisotopic (exact) mass is 442 g/mol. The highest BCUT2D eigenvalue weighted by atomic mass is 16.5. The SMILES string of the molecule is CC(Oc1cccc2c1CCCC2)C(=O)Nc1ccccc1C(=O)NC(C)c1ccccc1. The van der Waals surface area contributed by atoms with Crippen LogP contribution >= 0.6 is 0 Å². The zero-order valence-electron chi connectivity index (χ0n) is 19.1. The van der Waals surface area contributed by atoms with Gasteiger partial charge in [-0.15, -0.1) is 0 Å².